The molecule has 0 aliphatic heterocycles. The fourth-order valence-corrected chi connectivity index (χ4v) is 2.35. The van der Waals surface area contributed by atoms with Crippen molar-refractivity contribution in [2.75, 3.05) is 13.7 Å². The highest BCUT2D eigenvalue weighted by Crippen LogP contribution is 2.28. The van der Waals surface area contributed by atoms with E-state index >= 15 is 0 Å². The lowest BCUT2D eigenvalue weighted by Crippen LogP contribution is -2.37. The van der Waals surface area contributed by atoms with Gasteiger partial charge in [-0.05, 0) is 30.4 Å². The maximum absolute atomic E-state index is 12.5. The summed E-state index contributed by atoms with van der Waals surface area (Å²) in [5, 5.41) is 4.32. The van der Waals surface area contributed by atoms with Gasteiger partial charge in [0.2, 0.25) is 0 Å². The number of nitrogens with one attached hydrogen (secondary N) is 1. The molecule has 0 spiro atoms. The molecule has 2 rings (SSSR count). The number of benzene rings is 2. The third-order valence-corrected chi connectivity index (χ3v) is 3.66. The van der Waals surface area contributed by atoms with Crippen LogP contribution in [0.5, 0.6) is 5.75 Å². The van der Waals surface area contributed by atoms with E-state index in [0.29, 0.717) is 23.8 Å². The Hall–Kier alpha value is -2.56. The van der Waals surface area contributed by atoms with Gasteiger partial charge < -0.3 is 14.8 Å². The summed E-state index contributed by atoms with van der Waals surface area (Å²) in [7, 11) is 1.58. The van der Waals surface area contributed by atoms with Crippen LogP contribution < -0.4 is 10.1 Å². The molecule has 128 valence electrons. The van der Waals surface area contributed by atoms with Gasteiger partial charge in [0.25, 0.3) is 5.91 Å². The second-order valence-electron chi connectivity index (χ2n) is 6.05. The Labute approximate surface area is 141 Å². The highest BCUT2D eigenvalue weighted by Gasteiger charge is 2.21. The average molecular weight is 329 g/mol. The van der Waals surface area contributed by atoms with Crippen LogP contribution in [0.15, 0.2) is 36.4 Å². The molecule has 0 aliphatic carbocycles. The molecule has 0 fully saturated rings. The molecule has 1 N–H and O–H groups in total. The Bertz CT molecular complexity index is 739. The average Bonchev–Trinajstić information content (AvgIpc) is 2.58. The predicted octanol–water partition coefficient (Wildman–Crippen LogP) is 3.17. The van der Waals surface area contributed by atoms with Crippen LogP contribution in [0.3, 0.4) is 0 Å². The maximum atomic E-state index is 12.5. The first-order valence-corrected chi connectivity index (χ1v) is 7.98. The minimum atomic E-state index is -0.850. The second-order valence-corrected chi connectivity index (χ2v) is 6.05. The topological polar surface area (TPSA) is 64.6 Å². The van der Waals surface area contributed by atoms with Gasteiger partial charge in [0, 0.05) is 11.9 Å². The first-order valence-electron chi connectivity index (χ1n) is 7.98. The van der Waals surface area contributed by atoms with Gasteiger partial charge in [0.1, 0.15) is 5.75 Å². The van der Waals surface area contributed by atoms with Crippen LogP contribution in [0.1, 0.15) is 31.1 Å². The molecular formula is C19H23NO4. The highest BCUT2D eigenvalue weighted by molar-refractivity contribution is 6.06. The molecule has 0 saturated heterocycles. The van der Waals surface area contributed by atoms with Gasteiger partial charge in [-0.25, -0.2) is 4.79 Å². The number of hydrogen-bond acceptors (Lipinski definition) is 4. The number of ether oxygens (including phenoxy) is 2. The van der Waals surface area contributed by atoms with Crippen LogP contribution in [-0.4, -0.2) is 31.6 Å². The fourth-order valence-electron chi connectivity index (χ4n) is 2.35. The molecule has 1 amide bonds. The number of carbonyl (C=O) groups excluding carboxylic acids is 2. The molecule has 0 aliphatic rings. The standard InChI is InChI=1S/C19H23NO4/c1-12(2)11-20-18(21)13(3)24-19(22)16-9-10-17(23-4)15-8-6-5-7-14(15)16/h5-10,12-13H,11H2,1-4H3,(H,20,21)/t13-/m1/s1. The minimum Gasteiger partial charge on any atom is -0.496 e. The Morgan fingerprint density at radius 3 is 2.33 bits per heavy atom. The summed E-state index contributed by atoms with van der Waals surface area (Å²) in [6, 6.07) is 10.8. The summed E-state index contributed by atoms with van der Waals surface area (Å²) in [6.07, 6.45) is -0.850. The van der Waals surface area contributed by atoms with Crippen molar-refractivity contribution in [2.24, 2.45) is 5.92 Å². The summed E-state index contributed by atoms with van der Waals surface area (Å²) < 4.78 is 10.6. The number of hydrogen-bond donors (Lipinski definition) is 1. The molecular weight excluding hydrogens is 306 g/mol. The summed E-state index contributed by atoms with van der Waals surface area (Å²) >= 11 is 0. The number of rotatable bonds is 6. The summed E-state index contributed by atoms with van der Waals surface area (Å²) in [5.74, 6) is 0.197. The van der Waals surface area contributed by atoms with Gasteiger partial charge in [-0.1, -0.05) is 38.1 Å². The van der Waals surface area contributed by atoms with E-state index in [1.54, 1.807) is 26.2 Å². The van der Waals surface area contributed by atoms with Crippen molar-refractivity contribution in [1.29, 1.82) is 0 Å². The number of carbonyl (C=O) groups is 2. The Balaban J connectivity index is 2.18. The van der Waals surface area contributed by atoms with Gasteiger partial charge in [-0.2, -0.15) is 0 Å². The minimum absolute atomic E-state index is 0.296. The number of methoxy groups -OCH3 is 1. The number of fused-ring (bicyclic) bond motifs is 1. The molecule has 0 aromatic heterocycles. The van der Waals surface area contributed by atoms with Gasteiger partial charge in [-0.3, -0.25) is 4.79 Å². The van der Waals surface area contributed by atoms with Crippen molar-refractivity contribution in [3.8, 4) is 5.75 Å². The van der Waals surface area contributed by atoms with E-state index in [1.807, 2.05) is 38.1 Å². The van der Waals surface area contributed by atoms with Crippen molar-refractivity contribution in [3.63, 3.8) is 0 Å². The smallest absolute Gasteiger partial charge is 0.339 e. The van der Waals surface area contributed by atoms with Gasteiger partial charge in [-0.15, -0.1) is 0 Å². The second kappa shape index (κ2) is 7.81. The van der Waals surface area contributed by atoms with Crippen LogP contribution in [0, 0.1) is 5.92 Å². The van der Waals surface area contributed by atoms with E-state index in [4.69, 9.17) is 9.47 Å². The molecule has 0 bridgehead atoms. The molecule has 0 unspecified atom stereocenters. The summed E-state index contributed by atoms with van der Waals surface area (Å²) in [4.78, 5) is 24.4. The third-order valence-electron chi connectivity index (χ3n) is 3.66. The lowest BCUT2D eigenvalue weighted by molar-refractivity contribution is -0.129. The third kappa shape index (κ3) is 4.04. The van der Waals surface area contributed by atoms with Crippen molar-refractivity contribution in [1.82, 2.24) is 5.32 Å². The van der Waals surface area contributed by atoms with Crippen molar-refractivity contribution < 1.29 is 19.1 Å². The van der Waals surface area contributed by atoms with Crippen LogP contribution >= 0.6 is 0 Å². The molecule has 2 aromatic carbocycles. The van der Waals surface area contributed by atoms with Gasteiger partial charge in [0.15, 0.2) is 6.10 Å². The zero-order valence-corrected chi connectivity index (χ0v) is 14.5. The highest BCUT2D eigenvalue weighted by atomic mass is 16.5. The summed E-state index contributed by atoms with van der Waals surface area (Å²) in [6.45, 7) is 6.12. The molecule has 0 heterocycles. The van der Waals surface area contributed by atoms with Crippen LogP contribution in [0.25, 0.3) is 10.8 Å². The summed E-state index contributed by atoms with van der Waals surface area (Å²) in [5.41, 5.74) is 0.412. The van der Waals surface area contributed by atoms with Crippen LogP contribution in [0.4, 0.5) is 0 Å². The van der Waals surface area contributed by atoms with Gasteiger partial charge >= 0.3 is 5.97 Å². The number of esters is 1. The zero-order valence-electron chi connectivity index (χ0n) is 14.5. The number of amides is 1. The quantitative estimate of drug-likeness (QED) is 0.827. The van der Waals surface area contributed by atoms with Crippen LogP contribution in [0.2, 0.25) is 0 Å². The molecule has 5 nitrogen and oxygen atoms in total. The predicted molar refractivity (Wildman–Crippen MR) is 93.2 cm³/mol. The molecule has 1 atom stereocenters. The Kier molecular flexibility index (Phi) is 5.79. The van der Waals surface area contributed by atoms with Crippen LogP contribution in [-0.2, 0) is 9.53 Å². The SMILES string of the molecule is COc1ccc(C(=O)O[C@H](C)C(=O)NCC(C)C)c2ccccc12. The van der Waals surface area contributed by atoms with E-state index < -0.39 is 12.1 Å². The monoisotopic (exact) mass is 329 g/mol. The van der Waals surface area contributed by atoms with E-state index in [-0.39, 0.29) is 5.91 Å². The molecule has 0 saturated carbocycles. The van der Waals surface area contributed by atoms with E-state index in [2.05, 4.69) is 5.32 Å². The zero-order chi connectivity index (χ0) is 17.7. The molecule has 5 heteroatoms. The molecule has 24 heavy (non-hydrogen) atoms. The Morgan fingerprint density at radius 1 is 1.04 bits per heavy atom. The van der Waals surface area contributed by atoms with E-state index in [1.165, 1.54) is 0 Å². The first kappa shape index (κ1) is 17.8. The van der Waals surface area contributed by atoms with Crippen molar-refractivity contribution >= 4 is 22.6 Å². The van der Waals surface area contributed by atoms with E-state index in [9.17, 15) is 9.59 Å². The fraction of sp³-hybridized carbons (Fsp3) is 0.368. The van der Waals surface area contributed by atoms with Crippen molar-refractivity contribution in [3.05, 3.63) is 42.0 Å². The lowest BCUT2D eigenvalue weighted by Gasteiger charge is -2.16. The first-order chi connectivity index (χ1) is 11.4. The molecule has 2 aromatic rings. The van der Waals surface area contributed by atoms with E-state index in [0.717, 1.165) is 10.8 Å². The van der Waals surface area contributed by atoms with Crippen molar-refractivity contribution in [2.45, 2.75) is 26.9 Å². The lowest BCUT2D eigenvalue weighted by atomic mass is 10.0. The maximum Gasteiger partial charge on any atom is 0.339 e. The largest absolute Gasteiger partial charge is 0.496 e. The Morgan fingerprint density at radius 2 is 1.71 bits per heavy atom. The molecule has 0 radical (unpaired) electrons. The normalized spacial score (nSPS) is 12.0. The van der Waals surface area contributed by atoms with Gasteiger partial charge in [0.05, 0.1) is 12.7 Å².